The molecule has 0 aliphatic rings. The van der Waals surface area contributed by atoms with E-state index in [0.717, 1.165) is 11.4 Å². The smallest absolute Gasteiger partial charge is 0.241 e. The van der Waals surface area contributed by atoms with Crippen molar-refractivity contribution in [1.82, 2.24) is 10.3 Å². The van der Waals surface area contributed by atoms with Crippen LogP contribution in [-0.2, 0) is 4.79 Å². The molecule has 0 saturated heterocycles. The highest BCUT2D eigenvalue weighted by molar-refractivity contribution is 5.83. The monoisotopic (exact) mass is 208 g/mol. The van der Waals surface area contributed by atoms with Crippen LogP contribution in [0, 0.1) is 0 Å². The van der Waals surface area contributed by atoms with Crippen LogP contribution in [0.25, 0.3) is 0 Å². The van der Waals surface area contributed by atoms with E-state index in [-0.39, 0.29) is 11.9 Å². The third-order valence-corrected chi connectivity index (χ3v) is 2.05. The lowest BCUT2D eigenvalue weighted by Gasteiger charge is -2.13. The number of carbonyl (C=O) groups is 1. The van der Waals surface area contributed by atoms with Gasteiger partial charge in [0.2, 0.25) is 5.91 Å². The van der Waals surface area contributed by atoms with E-state index in [1.165, 1.54) is 0 Å². The highest BCUT2D eigenvalue weighted by Crippen LogP contribution is 2.12. The predicted octanol–water partition coefficient (Wildman–Crippen LogP) is 0.670. The SMILES string of the molecule is CNC(=O)C(C)Nc1cncc(NC)c1. The number of hydrogen-bond acceptors (Lipinski definition) is 4. The van der Waals surface area contributed by atoms with Crippen molar-refractivity contribution < 1.29 is 4.79 Å². The van der Waals surface area contributed by atoms with Crippen molar-refractivity contribution in [3.8, 4) is 0 Å². The Kier molecular flexibility index (Phi) is 3.91. The van der Waals surface area contributed by atoms with Gasteiger partial charge >= 0.3 is 0 Å². The Morgan fingerprint density at radius 1 is 1.33 bits per heavy atom. The van der Waals surface area contributed by atoms with Gasteiger partial charge in [-0.2, -0.15) is 0 Å². The molecule has 0 spiro atoms. The molecule has 15 heavy (non-hydrogen) atoms. The van der Waals surface area contributed by atoms with E-state index in [2.05, 4.69) is 20.9 Å². The van der Waals surface area contributed by atoms with Crippen LogP contribution >= 0.6 is 0 Å². The molecule has 0 aromatic carbocycles. The van der Waals surface area contributed by atoms with Crippen molar-refractivity contribution in [3.05, 3.63) is 18.5 Å². The van der Waals surface area contributed by atoms with Crippen LogP contribution in [0.2, 0.25) is 0 Å². The molecular weight excluding hydrogens is 192 g/mol. The third-order valence-electron chi connectivity index (χ3n) is 2.05. The summed E-state index contributed by atoms with van der Waals surface area (Å²) < 4.78 is 0. The number of nitrogens with zero attached hydrogens (tertiary/aromatic N) is 1. The molecule has 1 rings (SSSR count). The molecule has 1 atom stereocenters. The molecule has 0 radical (unpaired) electrons. The van der Waals surface area contributed by atoms with Gasteiger partial charge in [0.25, 0.3) is 0 Å². The van der Waals surface area contributed by atoms with Crippen LogP contribution in [-0.4, -0.2) is 31.0 Å². The van der Waals surface area contributed by atoms with Crippen LogP contribution in [0.3, 0.4) is 0 Å². The molecule has 1 aromatic rings. The number of rotatable bonds is 4. The van der Waals surface area contributed by atoms with Gasteiger partial charge in [0.1, 0.15) is 6.04 Å². The quantitative estimate of drug-likeness (QED) is 0.680. The summed E-state index contributed by atoms with van der Waals surface area (Å²) in [5.41, 5.74) is 1.72. The summed E-state index contributed by atoms with van der Waals surface area (Å²) in [5, 5.41) is 8.61. The lowest BCUT2D eigenvalue weighted by Crippen LogP contribution is -2.35. The van der Waals surface area contributed by atoms with Crippen LogP contribution in [0.4, 0.5) is 11.4 Å². The third kappa shape index (κ3) is 3.12. The van der Waals surface area contributed by atoms with E-state index in [1.54, 1.807) is 26.4 Å². The number of hydrogen-bond donors (Lipinski definition) is 3. The van der Waals surface area contributed by atoms with Gasteiger partial charge in [-0.25, -0.2) is 0 Å². The first-order valence-electron chi connectivity index (χ1n) is 4.78. The van der Waals surface area contributed by atoms with E-state index in [9.17, 15) is 4.79 Å². The van der Waals surface area contributed by atoms with Gasteiger partial charge in [0, 0.05) is 14.1 Å². The fourth-order valence-electron chi connectivity index (χ4n) is 1.19. The van der Waals surface area contributed by atoms with E-state index in [4.69, 9.17) is 0 Å². The second kappa shape index (κ2) is 5.19. The van der Waals surface area contributed by atoms with Gasteiger partial charge in [-0.05, 0) is 13.0 Å². The maximum absolute atomic E-state index is 11.3. The fraction of sp³-hybridized carbons (Fsp3) is 0.400. The molecule has 0 aliphatic carbocycles. The van der Waals surface area contributed by atoms with E-state index in [1.807, 2.05) is 13.1 Å². The molecule has 1 heterocycles. The highest BCUT2D eigenvalue weighted by atomic mass is 16.2. The van der Waals surface area contributed by atoms with Crippen molar-refractivity contribution in [2.24, 2.45) is 0 Å². The molecule has 1 aromatic heterocycles. The molecule has 1 amide bonds. The zero-order valence-corrected chi connectivity index (χ0v) is 9.16. The number of carbonyl (C=O) groups excluding carboxylic acids is 1. The Bertz CT molecular complexity index is 340. The molecule has 0 fully saturated rings. The molecule has 5 nitrogen and oxygen atoms in total. The van der Waals surface area contributed by atoms with Crippen molar-refractivity contribution in [2.75, 3.05) is 24.7 Å². The van der Waals surface area contributed by atoms with Gasteiger partial charge in [-0.1, -0.05) is 0 Å². The molecular formula is C10H16N4O. The Balaban J connectivity index is 2.67. The largest absolute Gasteiger partial charge is 0.387 e. The van der Waals surface area contributed by atoms with Gasteiger partial charge < -0.3 is 16.0 Å². The van der Waals surface area contributed by atoms with E-state index in [0.29, 0.717) is 0 Å². The summed E-state index contributed by atoms with van der Waals surface area (Å²) in [7, 11) is 3.44. The highest BCUT2D eigenvalue weighted by Gasteiger charge is 2.10. The topological polar surface area (TPSA) is 66.0 Å². The molecule has 5 heteroatoms. The average molecular weight is 208 g/mol. The zero-order chi connectivity index (χ0) is 11.3. The van der Waals surface area contributed by atoms with Crippen molar-refractivity contribution in [1.29, 1.82) is 0 Å². The number of nitrogens with one attached hydrogen (secondary N) is 3. The minimum atomic E-state index is -0.274. The Hall–Kier alpha value is -1.78. The number of likely N-dealkylation sites (N-methyl/N-ethyl adjacent to an activating group) is 1. The van der Waals surface area contributed by atoms with Gasteiger partial charge in [0.15, 0.2) is 0 Å². The molecule has 82 valence electrons. The Labute approximate surface area is 89.3 Å². The van der Waals surface area contributed by atoms with Crippen molar-refractivity contribution >= 4 is 17.3 Å². The Morgan fingerprint density at radius 3 is 2.60 bits per heavy atom. The summed E-state index contributed by atoms with van der Waals surface area (Å²) in [6.07, 6.45) is 3.40. The maximum Gasteiger partial charge on any atom is 0.241 e. The lowest BCUT2D eigenvalue weighted by molar-refractivity contribution is -0.121. The van der Waals surface area contributed by atoms with Crippen molar-refractivity contribution in [2.45, 2.75) is 13.0 Å². The standard InChI is InChI=1S/C10H16N4O/c1-7(10(15)12-3)14-9-4-8(11-2)5-13-6-9/h4-7,11,14H,1-3H3,(H,12,15). The van der Waals surface area contributed by atoms with Crippen LogP contribution in [0.15, 0.2) is 18.5 Å². The van der Waals surface area contributed by atoms with Crippen LogP contribution in [0.1, 0.15) is 6.92 Å². The fourth-order valence-corrected chi connectivity index (χ4v) is 1.19. The summed E-state index contributed by atoms with van der Waals surface area (Å²) in [4.78, 5) is 15.3. The summed E-state index contributed by atoms with van der Waals surface area (Å²) >= 11 is 0. The Morgan fingerprint density at radius 2 is 2.00 bits per heavy atom. The molecule has 1 unspecified atom stereocenters. The number of aromatic nitrogens is 1. The first-order valence-corrected chi connectivity index (χ1v) is 4.78. The lowest BCUT2D eigenvalue weighted by atomic mass is 10.3. The maximum atomic E-state index is 11.3. The first-order chi connectivity index (χ1) is 7.17. The predicted molar refractivity (Wildman–Crippen MR) is 60.9 cm³/mol. The average Bonchev–Trinajstić information content (AvgIpc) is 2.28. The number of amides is 1. The van der Waals surface area contributed by atoms with Gasteiger partial charge in [0.05, 0.1) is 23.8 Å². The molecule has 0 bridgehead atoms. The molecule has 0 aliphatic heterocycles. The second-order valence-electron chi connectivity index (χ2n) is 3.19. The summed E-state index contributed by atoms with van der Waals surface area (Å²) in [6, 6.07) is 1.62. The first kappa shape index (κ1) is 11.3. The van der Waals surface area contributed by atoms with Gasteiger partial charge in [-0.3, -0.25) is 9.78 Å². The minimum Gasteiger partial charge on any atom is -0.387 e. The molecule has 3 N–H and O–H groups in total. The second-order valence-corrected chi connectivity index (χ2v) is 3.19. The van der Waals surface area contributed by atoms with E-state index >= 15 is 0 Å². The van der Waals surface area contributed by atoms with Gasteiger partial charge in [-0.15, -0.1) is 0 Å². The minimum absolute atomic E-state index is 0.0511. The van der Waals surface area contributed by atoms with Crippen LogP contribution < -0.4 is 16.0 Å². The zero-order valence-electron chi connectivity index (χ0n) is 9.16. The number of pyridine rings is 1. The molecule has 0 saturated carbocycles. The van der Waals surface area contributed by atoms with E-state index < -0.39 is 0 Å². The normalized spacial score (nSPS) is 11.7. The van der Waals surface area contributed by atoms with Crippen molar-refractivity contribution in [3.63, 3.8) is 0 Å². The summed E-state index contributed by atoms with van der Waals surface area (Å²) in [5.74, 6) is -0.0511. The van der Waals surface area contributed by atoms with Crippen LogP contribution in [0.5, 0.6) is 0 Å². The number of anilines is 2. The summed E-state index contributed by atoms with van der Waals surface area (Å²) in [6.45, 7) is 1.80.